The maximum Gasteiger partial charge on any atom is 0.240 e. The molecule has 5 nitrogen and oxygen atoms in total. The molecule has 0 aromatic heterocycles. The van der Waals surface area contributed by atoms with Crippen molar-refractivity contribution in [3.8, 4) is 6.07 Å². The Morgan fingerprint density at radius 3 is 2.43 bits per heavy atom. The number of rotatable bonds is 2. The Kier molecular flexibility index (Phi) is 2.71. The zero-order valence-corrected chi connectivity index (χ0v) is 12.2. The molecule has 0 unspecified atom stereocenters. The fraction of sp³-hybridized carbons (Fsp3) is 0.875. The van der Waals surface area contributed by atoms with Gasteiger partial charge in [-0.05, 0) is 50.4 Å². The average molecular weight is 290 g/mol. The molecule has 1 aliphatic heterocycles. The van der Waals surface area contributed by atoms with Gasteiger partial charge in [0, 0.05) is 24.7 Å². The third-order valence-electron chi connectivity index (χ3n) is 6.50. The minimum Gasteiger partial charge on any atom is -0.392 e. The van der Waals surface area contributed by atoms with Gasteiger partial charge in [0.25, 0.3) is 0 Å². The third-order valence-corrected chi connectivity index (χ3v) is 6.50. The van der Waals surface area contributed by atoms with Gasteiger partial charge in [-0.2, -0.15) is 5.26 Å². The second-order valence-electron chi connectivity index (χ2n) is 7.67. The van der Waals surface area contributed by atoms with Crippen LogP contribution in [0.2, 0.25) is 0 Å². The van der Waals surface area contributed by atoms with Crippen LogP contribution >= 0.6 is 0 Å². The van der Waals surface area contributed by atoms with Gasteiger partial charge in [0.15, 0.2) is 0 Å². The van der Waals surface area contributed by atoms with E-state index in [4.69, 9.17) is 4.74 Å². The Bertz CT molecular complexity index is 506. The van der Waals surface area contributed by atoms with Crippen molar-refractivity contribution >= 4 is 5.91 Å². The summed E-state index contributed by atoms with van der Waals surface area (Å²) in [6, 6.07) is 2.27. The number of amides is 1. The number of nitrogens with zero attached hydrogens (tertiary/aromatic N) is 1. The van der Waals surface area contributed by atoms with Crippen LogP contribution in [0.15, 0.2) is 0 Å². The summed E-state index contributed by atoms with van der Waals surface area (Å²) in [7, 11) is 0. The van der Waals surface area contributed by atoms with Crippen LogP contribution in [0.1, 0.15) is 44.9 Å². The maximum absolute atomic E-state index is 12.6. The number of aliphatic hydroxyl groups is 1. The van der Waals surface area contributed by atoms with Gasteiger partial charge in [-0.3, -0.25) is 4.79 Å². The van der Waals surface area contributed by atoms with Gasteiger partial charge in [-0.1, -0.05) is 0 Å². The normalized spacial score (nSPS) is 37.1. The van der Waals surface area contributed by atoms with E-state index in [0.29, 0.717) is 25.0 Å². The summed E-state index contributed by atoms with van der Waals surface area (Å²) in [6.45, 7) is 1.30. The quantitative estimate of drug-likeness (QED) is 0.798. The van der Waals surface area contributed by atoms with Crippen LogP contribution in [0, 0.1) is 27.6 Å². The summed E-state index contributed by atoms with van der Waals surface area (Å²) in [5, 5.41) is 22.7. The Hall–Kier alpha value is -1.12. The summed E-state index contributed by atoms with van der Waals surface area (Å²) >= 11 is 0. The van der Waals surface area contributed by atoms with E-state index in [1.807, 2.05) is 0 Å². The number of ether oxygens (including phenoxy) is 1. The topological polar surface area (TPSA) is 82.4 Å². The molecule has 4 rings (SSSR count). The molecule has 3 saturated carbocycles. The zero-order valence-electron chi connectivity index (χ0n) is 12.2. The lowest BCUT2D eigenvalue weighted by atomic mass is 9.56. The zero-order chi connectivity index (χ0) is 14.7. The van der Waals surface area contributed by atoms with Crippen LogP contribution in [0.3, 0.4) is 0 Å². The number of hydrogen-bond donors (Lipinski definition) is 2. The van der Waals surface area contributed by atoms with Crippen LogP contribution in [0.4, 0.5) is 0 Å². The van der Waals surface area contributed by atoms with E-state index < -0.39 is 5.41 Å². The lowest BCUT2D eigenvalue weighted by molar-refractivity contribution is -0.162. The SMILES string of the molecule is N#CC1(C(=O)N[C@@H]2C[C@@H](O)C23CCOCC3)CC2(CC2)C1. The first-order valence-corrected chi connectivity index (χ1v) is 8.02. The summed E-state index contributed by atoms with van der Waals surface area (Å²) in [4.78, 5) is 12.6. The molecule has 1 amide bonds. The van der Waals surface area contributed by atoms with E-state index in [-0.39, 0.29) is 23.5 Å². The molecule has 3 aliphatic carbocycles. The molecule has 21 heavy (non-hydrogen) atoms. The predicted molar refractivity (Wildman–Crippen MR) is 74.0 cm³/mol. The molecule has 0 aromatic carbocycles. The highest BCUT2D eigenvalue weighted by Gasteiger charge is 2.65. The second-order valence-corrected chi connectivity index (χ2v) is 7.67. The smallest absolute Gasteiger partial charge is 0.240 e. The largest absolute Gasteiger partial charge is 0.392 e. The van der Waals surface area contributed by atoms with Crippen molar-refractivity contribution in [3.63, 3.8) is 0 Å². The van der Waals surface area contributed by atoms with E-state index in [1.165, 1.54) is 12.8 Å². The van der Waals surface area contributed by atoms with E-state index >= 15 is 0 Å². The molecule has 0 radical (unpaired) electrons. The number of nitrogens with one attached hydrogen (secondary N) is 1. The van der Waals surface area contributed by atoms with Gasteiger partial charge in [0.2, 0.25) is 5.91 Å². The maximum atomic E-state index is 12.6. The standard InChI is InChI=1S/C16H22N2O3/c17-10-15(8-14(9-15)1-2-14)13(20)18-11-7-12(19)16(11)3-5-21-6-4-16/h11-12,19H,1-9H2,(H,18,20)/t11-,12-/m1/s1. The lowest BCUT2D eigenvalue weighted by Crippen LogP contribution is -2.67. The molecule has 0 aromatic rings. The summed E-state index contributed by atoms with van der Waals surface area (Å²) in [6.07, 6.45) is 5.66. The van der Waals surface area contributed by atoms with Crippen molar-refractivity contribution in [1.82, 2.24) is 5.32 Å². The predicted octanol–water partition coefficient (Wildman–Crippen LogP) is 1.12. The fourth-order valence-corrected chi connectivity index (χ4v) is 4.75. The number of nitriles is 1. The van der Waals surface area contributed by atoms with Crippen LogP contribution in [0.25, 0.3) is 0 Å². The van der Waals surface area contributed by atoms with E-state index in [9.17, 15) is 15.2 Å². The number of carbonyl (C=O) groups excluding carboxylic acids is 1. The molecule has 5 heteroatoms. The van der Waals surface area contributed by atoms with E-state index in [1.54, 1.807) is 0 Å². The van der Waals surface area contributed by atoms with Crippen molar-refractivity contribution in [2.24, 2.45) is 16.2 Å². The van der Waals surface area contributed by atoms with Gasteiger partial charge >= 0.3 is 0 Å². The van der Waals surface area contributed by atoms with Crippen LogP contribution < -0.4 is 5.32 Å². The van der Waals surface area contributed by atoms with Gasteiger partial charge in [0.1, 0.15) is 5.41 Å². The molecule has 0 bridgehead atoms. The molecule has 1 heterocycles. The van der Waals surface area contributed by atoms with Crippen LogP contribution in [-0.2, 0) is 9.53 Å². The molecular weight excluding hydrogens is 268 g/mol. The second kappa shape index (κ2) is 4.21. The highest BCUT2D eigenvalue weighted by Crippen LogP contribution is 2.68. The first-order valence-electron chi connectivity index (χ1n) is 8.02. The van der Waals surface area contributed by atoms with Crippen LogP contribution in [-0.4, -0.2) is 36.4 Å². The van der Waals surface area contributed by atoms with Gasteiger partial charge in [0.05, 0.1) is 12.2 Å². The highest BCUT2D eigenvalue weighted by molar-refractivity contribution is 5.87. The Balaban J connectivity index is 1.44. The minimum absolute atomic E-state index is 0.00452. The molecule has 2 spiro atoms. The number of hydrogen-bond acceptors (Lipinski definition) is 4. The molecule has 2 atom stereocenters. The van der Waals surface area contributed by atoms with Gasteiger partial charge < -0.3 is 15.2 Å². The van der Waals surface area contributed by atoms with Crippen molar-refractivity contribution < 1.29 is 14.6 Å². The van der Waals surface area contributed by atoms with Crippen molar-refractivity contribution in [2.75, 3.05) is 13.2 Å². The number of carbonyl (C=O) groups is 1. The highest BCUT2D eigenvalue weighted by atomic mass is 16.5. The van der Waals surface area contributed by atoms with Gasteiger partial charge in [-0.25, -0.2) is 0 Å². The van der Waals surface area contributed by atoms with Gasteiger partial charge in [-0.15, -0.1) is 0 Å². The average Bonchev–Trinajstić information content (AvgIpc) is 3.26. The van der Waals surface area contributed by atoms with Crippen molar-refractivity contribution in [3.05, 3.63) is 0 Å². The molecule has 4 aliphatic rings. The summed E-state index contributed by atoms with van der Waals surface area (Å²) in [5.74, 6) is -0.106. The number of aliphatic hydroxyl groups excluding tert-OH is 1. The Morgan fingerprint density at radius 1 is 1.24 bits per heavy atom. The Labute approximate surface area is 124 Å². The van der Waals surface area contributed by atoms with E-state index in [0.717, 1.165) is 25.7 Å². The van der Waals surface area contributed by atoms with Crippen molar-refractivity contribution in [1.29, 1.82) is 5.26 Å². The Morgan fingerprint density at radius 2 is 1.90 bits per heavy atom. The molecule has 2 N–H and O–H groups in total. The fourth-order valence-electron chi connectivity index (χ4n) is 4.75. The first kappa shape index (κ1) is 13.5. The van der Waals surface area contributed by atoms with Crippen molar-refractivity contribution in [2.45, 2.75) is 57.1 Å². The lowest BCUT2D eigenvalue weighted by Gasteiger charge is -2.56. The summed E-state index contributed by atoms with van der Waals surface area (Å²) in [5.41, 5.74) is -0.697. The van der Waals surface area contributed by atoms with E-state index in [2.05, 4.69) is 11.4 Å². The monoisotopic (exact) mass is 290 g/mol. The molecule has 4 fully saturated rings. The molecular formula is C16H22N2O3. The molecule has 1 saturated heterocycles. The summed E-state index contributed by atoms with van der Waals surface area (Å²) < 4.78 is 5.38. The minimum atomic E-state index is -0.802. The van der Waals surface area contributed by atoms with Crippen LogP contribution in [0.5, 0.6) is 0 Å². The first-order chi connectivity index (χ1) is 10.0. The molecule has 114 valence electrons. The third kappa shape index (κ3) is 1.79.